The lowest BCUT2D eigenvalue weighted by Crippen LogP contribution is -2.38. The minimum atomic E-state index is 0.0398. The number of carbonyl (C=O) groups excluding carboxylic acids is 1. The first-order valence-corrected chi connectivity index (χ1v) is 7.07. The molecule has 0 saturated carbocycles. The first-order chi connectivity index (χ1) is 10.2. The normalized spacial score (nSPS) is 16.1. The van der Waals surface area contributed by atoms with Gasteiger partial charge < -0.3 is 15.2 Å². The predicted molar refractivity (Wildman–Crippen MR) is 77.8 cm³/mol. The maximum Gasteiger partial charge on any atom is 0.255 e. The van der Waals surface area contributed by atoms with Crippen LogP contribution in [0.1, 0.15) is 40.4 Å². The summed E-state index contributed by atoms with van der Waals surface area (Å²) >= 11 is 0. The second kappa shape index (κ2) is 5.55. The summed E-state index contributed by atoms with van der Waals surface area (Å²) in [6.45, 7) is 3.35. The number of carbonyl (C=O) groups is 1. The van der Waals surface area contributed by atoms with Crippen LogP contribution in [-0.2, 0) is 0 Å². The maximum absolute atomic E-state index is 12.3. The largest absolute Gasteiger partial charge is 0.367 e. The molecule has 0 aliphatic carbocycles. The van der Waals surface area contributed by atoms with Crippen molar-refractivity contribution >= 4 is 11.8 Å². The van der Waals surface area contributed by atoms with Gasteiger partial charge in [-0.2, -0.15) is 0 Å². The highest BCUT2D eigenvalue weighted by Gasteiger charge is 2.28. The molecule has 6 heteroatoms. The van der Waals surface area contributed by atoms with Crippen molar-refractivity contribution in [1.29, 1.82) is 0 Å². The molecule has 2 aromatic heterocycles. The van der Waals surface area contributed by atoms with E-state index >= 15 is 0 Å². The number of nitrogens with two attached hydrogens (primary N) is 1. The maximum atomic E-state index is 12.3. The fourth-order valence-corrected chi connectivity index (χ4v) is 2.77. The average molecular weight is 286 g/mol. The zero-order chi connectivity index (χ0) is 14.8. The first kappa shape index (κ1) is 13.6. The standard InChI is InChI=1S/C15H18N4O2/c1-10-13(18-21-14(10)16)11-4-7-19(8-5-11)15(20)12-3-2-6-17-9-12/h2-3,6,9,11H,4-5,7-8,16H2,1H3. The van der Waals surface area contributed by atoms with Gasteiger partial charge in [0.1, 0.15) is 0 Å². The Morgan fingerprint density at radius 1 is 1.43 bits per heavy atom. The third kappa shape index (κ3) is 2.61. The van der Waals surface area contributed by atoms with E-state index in [0.717, 1.165) is 24.1 Å². The second-order valence-corrected chi connectivity index (χ2v) is 5.37. The molecular weight excluding hydrogens is 268 g/mol. The number of rotatable bonds is 2. The Kier molecular flexibility index (Phi) is 3.60. The molecule has 1 aliphatic heterocycles. The van der Waals surface area contributed by atoms with E-state index in [1.54, 1.807) is 24.5 Å². The molecule has 3 heterocycles. The number of hydrogen-bond acceptors (Lipinski definition) is 5. The zero-order valence-corrected chi connectivity index (χ0v) is 12.0. The van der Waals surface area contributed by atoms with Gasteiger partial charge in [-0.3, -0.25) is 9.78 Å². The minimum Gasteiger partial charge on any atom is -0.367 e. The van der Waals surface area contributed by atoms with Gasteiger partial charge in [-0.05, 0) is 31.9 Å². The number of amides is 1. The average Bonchev–Trinajstić information content (AvgIpc) is 2.87. The molecule has 21 heavy (non-hydrogen) atoms. The van der Waals surface area contributed by atoms with E-state index < -0.39 is 0 Å². The van der Waals surface area contributed by atoms with Crippen LogP contribution < -0.4 is 5.73 Å². The van der Waals surface area contributed by atoms with Gasteiger partial charge in [-0.1, -0.05) is 5.16 Å². The summed E-state index contributed by atoms with van der Waals surface area (Å²) in [6, 6.07) is 3.57. The summed E-state index contributed by atoms with van der Waals surface area (Å²) in [5, 5.41) is 4.05. The van der Waals surface area contributed by atoms with Gasteiger partial charge in [0.2, 0.25) is 5.88 Å². The molecule has 3 rings (SSSR count). The van der Waals surface area contributed by atoms with Crippen LogP contribution >= 0.6 is 0 Å². The van der Waals surface area contributed by atoms with E-state index in [2.05, 4.69) is 10.1 Å². The Bertz CT molecular complexity index is 630. The molecule has 2 aromatic rings. The highest BCUT2D eigenvalue weighted by molar-refractivity contribution is 5.93. The lowest BCUT2D eigenvalue weighted by Gasteiger charge is -2.31. The van der Waals surface area contributed by atoms with Crippen molar-refractivity contribution in [3.63, 3.8) is 0 Å². The zero-order valence-electron chi connectivity index (χ0n) is 12.0. The number of piperidine rings is 1. The van der Waals surface area contributed by atoms with Gasteiger partial charge in [-0.25, -0.2) is 0 Å². The van der Waals surface area contributed by atoms with Crippen LogP contribution in [0.2, 0.25) is 0 Å². The Morgan fingerprint density at radius 2 is 2.19 bits per heavy atom. The van der Waals surface area contributed by atoms with Crippen molar-refractivity contribution in [3.05, 3.63) is 41.3 Å². The number of nitrogen functional groups attached to an aromatic ring is 1. The van der Waals surface area contributed by atoms with Crippen molar-refractivity contribution < 1.29 is 9.32 Å². The molecule has 1 fully saturated rings. The molecule has 0 aromatic carbocycles. The van der Waals surface area contributed by atoms with Gasteiger partial charge >= 0.3 is 0 Å². The molecular formula is C15H18N4O2. The summed E-state index contributed by atoms with van der Waals surface area (Å²) in [4.78, 5) is 18.2. The molecule has 0 bridgehead atoms. The highest BCUT2D eigenvalue weighted by Crippen LogP contribution is 2.31. The summed E-state index contributed by atoms with van der Waals surface area (Å²) in [5.74, 6) is 0.737. The van der Waals surface area contributed by atoms with E-state index in [4.69, 9.17) is 10.3 Å². The van der Waals surface area contributed by atoms with Crippen molar-refractivity contribution in [3.8, 4) is 0 Å². The van der Waals surface area contributed by atoms with Crippen molar-refractivity contribution in [2.75, 3.05) is 18.8 Å². The molecule has 0 radical (unpaired) electrons. The van der Waals surface area contributed by atoms with E-state index in [1.807, 2.05) is 11.8 Å². The van der Waals surface area contributed by atoms with Crippen LogP contribution in [0, 0.1) is 6.92 Å². The Morgan fingerprint density at radius 3 is 2.76 bits per heavy atom. The van der Waals surface area contributed by atoms with E-state index in [1.165, 1.54) is 0 Å². The summed E-state index contributed by atoms with van der Waals surface area (Å²) in [6.07, 6.45) is 5.02. The molecule has 2 N–H and O–H groups in total. The van der Waals surface area contributed by atoms with Gasteiger partial charge in [0, 0.05) is 37.0 Å². The van der Waals surface area contributed by atoms with Gasteiger partial charge in [0.15, 0.2) is 0 Å². The Hall–Kier alpha value is -2.37. The summed E-state index contributed by atoms with van der Waals surface area (Å²) < 4.78 is 5.03. The van der Waals surface area contributed by atoms with Gasteiger partial charge in [0.25, 0.3) is 5.91 Å². The fraction of sp³-hybridized carbons (Fsp3) is 0.400. The number of likely N-dealkylation sites (tertiary alicyclic amines) is 1. The lowest BCUT2D eigenvalue weighted by molar-refractivity contribution is 0.0711. The quantitative estimate of drug-likeness (QED) is 0.912. The van der Waals surface area contributed by atoms with Gasteiger partial charge in [-0.15, -0.1) is 0 Å². The molecule has 6 nitrogen and oxygen atoms in total. The molecule has 0 unspecified atom stereocenters. The number of aromatic nitrogens is 2. The van der Waals surface area contributed by atoms with Crippen LogP contribution in [-0.4, -0.2) is 34.0 Å². The summed E-state index contributed by atoms with van der Waals surface area (Å²) in [5.41, 5.74) is 8.19. The number of hydrogen-bond donors (Lipinski definition) is 1. The van der Waals surface area contributed by atoms with Crippen LogP contribution in [0.15, 0.2) is 29.0 Å². The SMILES string of the molecule is Cc1c(C2CCN(C(=O)c3cccnc3)CC2)noc1N. The molecule has 0 spiro atoms. The van der Waals surface area contributed by atoms with E-state index in [9.17, 15) is 4.79 Å². The molecule has 1 aliphatic rings. The summed E-state index contributed by atoms with van der Waals surface area (Å²) in [7, 11) is 0. The number of anilines is 1. The van der Waals surface area contributed by atoms with Crippen LogP contribution in [0.5, 0.6) is 0 Å². The topological polar surface area (TPSA) is 85.2 Å². The Labute approximate surface area is 122 Å². The van der Waals surface area contributed by atoms with Crippen LogP contribution in [0.4, 0.5) is 5.88 Å². The molecule has 1 saturated heterocycles. The second-order valence-electron chi connectivity index (χ2n) is 5.37. The Balaban J connectivity index is 1.65. The van der Waals surface area contributed by atoms with E-state index in [0.29, 0.717) is 30.5 Å². The van der Waals surface area contributed by atoms with Crippen LogP contribution in [0.3, 0.4) is 0 Å². The lowest BCUT2D eigenvalue weighted by atomic mass is 9.91. The smallest absolute Gasteiger partial charge is 0.255 e. The van der Waals surface area contributed by atoms with Crippen molar-refractivity contribution in [2.45, 2.75) is 25.7 Å². The highest BCUT2D eigenvalue weighted by atomic mass is 16.5. The molecule has 110 valence electrons. The first-order valence-electron chi connectivity index (χ1n) is 7.07. The number of pyridine rings is 1. The fourth-order valence-electron chi connectivity index (χ4n) is 2.77. The molecule has 0 atom stereocenters. The van der Waals surface area contributed by atoms with Gasteiger partial charge in [0.05, 0.1) is 11.3 Å². The van der Waals surface area contributed by atoms with Crippen molar-refractivity contribution in [2.24, 2.45) is 0 Å². The monoisotopic (exact) mass is 286 g/mol. The van der Waals surface area contributed by atoms with Crippen LogP contribution in [0.25, 0.3) is 0 Å². The third-order valence-corrected chi connectivity index (χ3v) is 4.07. The van der Waals surface area contributed by atoms with E-state index in [-0.39, 0.29) is 5.91 Å². The number of nitrogens with zero attached hydrogens (tertiary/aromatic N) is 3. The van der Waals surface area contributed by atoms with Crippen molar-refractivity contribution in [1.82, 2.24) is 15.0 Å². The third-order valence-electron chi connectivity index (χ3n) is 4.07. The predicted octanol–water partition coefficient (Wildman–Crippen LogP) is 1.98. The molecule has 1 amide bonds. The minimum absolute atomic E-state index is 0.0398.